The van der Waals surface area contributed by atoms with Crippen LogP contribution in [0.25, 0.3) is 0 Å². The van der Waals surface area contributed by atoms with Gasteiger partial charge in [0.2, 0.25) is 0 Å². The largest absolute Gasteiger partial charge is 0.481 e. The van der Waals surface area contributed by atoms with Crippen LogP contribution in [0, 0.1) is 50.7 Å². The van der Waals surface area contributed by atoms with E-state index in [1.54, 1.807) is 0 Å². The molecule has 6 heteroatoms. The summed E-state index contributed by atoms with van der Waals surface area (Å²) < 4.78 is 0. The zero-order chi connectivity index (χ0) is 26.9. The van der Waals surface area contributed by atoms with Gasteiger partial charge in [-0.15, -0.1) is 0 Å². The summed E-state index contributed by atoms with van der Waals surface area (Å²) in [6, 6.07) is 0. The van der Waals surface area contributed by atoms with E-state index in [4.69, 9.17) is 0 Å². The minimum absolute atomic E-state index is 0.00890. The predicted octanol–water partition coefficient (Wildman–Crippen LogP) is 4.15. The van der Waals surface area contributed by atoms with Crippen LogP contribution in [0.3, 0.4) is 0 Å². The molecule has 0 aromatic heterocycles. The molecular formula is C30H48O6. The first kappa shape index (κ1) is 26.6. The molecule has 0 spiro atoms. The highest BCUT2D eigenvalue weighted by Gasteiger charge is 2.73. The smallest absolute Gasteiger partial charge is 0.310 e. The first-order chi connectivity index (χ1) is 16.4. The summed E-state index contributed by atoms with van der Waals surface area (Å²) in [5, 5.41) is 55.9. The maximum absolute atomic E-state index is 12.8. The second-order valence-corrected chi connectivity index (χ2v) is 14.9. The van der Waals surface area contributed by atoms with E-state index in [1.165, 1.54) is 0 Å². The zero-order valence-corrected chi connectivity index (χ0v) is 23.2. The van der Waals surface area contributed by atoms with Crippen LogP contribution >= 0.6 is 0 Å². The lowest BCUT2D eigenvalue weighted by atomic mass is 9.32. The number of hydrogen-bond donors (Lipinski definition) is 5. The third-order valence-corrected chi connectivity index (χ3v) is 13.6. The number of rotatable bonds is 1. The first-order valence-corrected chi connectivity index (χ1v) is 14.1. The molecule has 0 aromatic rings. The second kappa shape index (κ2) is 7.58. The van der Waals surface area contributed by atoms with Crippen LogP contribution < -0.4 is 0 Å². The Morgan fingerprint density at radius 1 is 0.889 bits per heavy atom. The monoisotopic (exact) mass is 504 g/mol. The number of aliphatic carboxylic acids is 1. The van der Waals surface area contributed by atoms with Gasteiger partial charge < -0.3 is 25.5 Å². The van der Waals surface area contributed by atoms with Crippen molar-refractivity contribution in [2.75, 3.05) is 0 Å². The van der Waals surface area contributed by atoms with E-state index in [1.807, 2.05) is 27.7 Å². The summed E-state index contributed by atoms with van der Waals surface area (Å²) in [5.74, 6) is -1.10. The molecule has 0 radical (unpaired) electrons. The molecule has 0 amide bonds. The van der Waals surface area contributed by atoms with Crippen molar-refractivity contribution in [3.63, 3.8) is 0 Å². The van der Waals surface area contributed by atoms with Gasteiger partial charge in [0.1, 0.15) is 6.10 Å². The standard InChI is InChI=1S/C30H48O6/c1-16-10-13-30(24(34)35)15-14-26(4)17(21(30)29(16,7)36)8-9-19-27(26,5)12-11-18-25(2,3)22(32)20(31)23(33)28(18,19)6/h8,16,18-23,31-33,36H,9-15H2,1-7H3,(H,34,35)/t16-,18?,19?,20-,21?,22+,23-,26-,27-,28+,29-,30+/m1/s1. The topological polar surface area (TPSA) is 118 Å². The molecule has 5 N–H and O–H groups in total. The molecule has 0 aromatic carbocycles. The van der Waals surface area contributed by atoms with E-state index >= 15 is 0 Å². The van der Waals surface area contributed by atoms with Crippen LogP contribution in [0.5, 0.6) is 0 Å². The van der Waals surface area contributed by atoms with Crippen molar-refractivity contribution in [1.29, 1.82) is 0 Å². The van der Waals surface area contributed by atoms with Gasteiger partial charge in [-0.1, -0.05) is 53.2 Å². The third kappa shape index (κ3) is 2.80. The third-order valence-electron chi connectivity index (χ3n) is 13.6. The fourth-order valence-electron chi connectivity index (χ4n) is 10.9. The van der Waals surface area contributed by atoms with Gasteiger partial charge in [-0.2, -0.15) is 0 Å². The Balaban J connectivity index is 1.67. The number of carboxylic acids is 1. The molecule has 0 bridgehead atoms. The highest BCUT2D eigenvalue weighted by Crippen LogP contribution is 2.76. The van der Waals surface area contributed by atoms with E-state index < -0.39 is 52.0 Å². The Kier molecular flexibility index (Phi) is 5.61. The van der Waals surface area contributed by atoms with Gasteiger partial charge in [0.15, 0.2) is 0 Å². The molecule has 5 rings (SSSR count). The van der Waals surface area contributed by atoms with Gasteiger partial charge in [0, 0.05) is 11.3 Å². The van der Waals surface area contributed by atoms with Gasteiger partial charge >= 0.3 is 5.97 Å². The molecule has 0 aliphatic heterocycles. The van der Waals surface area contributed by atoms with E-state index in [0.29, 0.717) is 25.7 Å². The van der Waals surface area contributed by atoms with Crippen molar-refractivity contribution in [3.05, 3.63) is 11.6 Å². The first-order valence-electron chi connectivity index (χ1n) is 14.1. The van der Waals surface area contributed by atoms with Crippen molar-refractivity contribution in [2.24, 2.45) is 50.7 Å². The van der Waals surface area contributed by atoms with Gasteiger partial charge in [-0.3, -0.25) is 4.79 Å². The number of fused-ring (bicyclic) bond motifs is 7. The number of carboxylic acid groups (broad SMARTS) is 1. The van der Waals surface area contributed by atoms with E-state index in [0.717, 1.165) is 24.8 Å². The molecule has 0 heterocycles. The van der Waals surface area contributed by atoms with Crippen molar-refractivity contribution in [3.8, 4) is 0 Å². The van der Waals surface area contributed by atoms with Crippen molar-refractivity contribution in [1.82, 2.24) is 0 Å². The van der Waals surface area contributed by atoms with Crippen molar-refractivity contribution in [2.45, 2.75) is 117 Å². The SMILES string of the molecule is C[C@@H]1CC[C@]2(C(=O)O)CC[C@]3(C)C(=CCC4[C@]5(C)C(CC[C@]43C)C(C)(C)[C@@H](O)[C@@H](O)[C@H]5O)C2[C@]1(C)O. The lowest BCUT2D eigenvalue weighted by Crippen LogP contribution is -2.72. The number of aliphatic hydroxyl groups excluding tert-OH is 3. The molecule has 204 valence electrons. The lowest BCUT2D eigenvalue weighted by Gasteiger charge is -2.72. The minimum atomic E-state index is -1.20. The number of hydrogen-bond acceptors (Lipinski definition) is 5. The highest BCUT2D eigenvalue weighted by atomic mass is 16.4. The predicted molar refractivity (Wildman–Crippen MR) is 137 cm³/mol. The maximum Gasteiger partial charge on any atom is 0.310 e. The van der Waals surface area contributed by atoms with Crippen LogP contribution in [0.1, 0.15) is 93.4 Å². The summed E-state index contributed by atoms with van der Waals surface area (Å²) >= 11 is 0. The highest BCUT2D eigenvalue weighted by molar-refractivity contribution is 5.77. The molecule has 3 unspecified atom stereocenters. The average molecular weight is 505 g/mol. The Hall–Kier alpha value is -0.950. The van der Waals surface area contributed by atoms with Crippen LogP contribution in [0.2, 0.25) is 0 Å². The zero-order valence-electron chi connectivity index (χ0n) is 23.2. The Morgan fingerprint density at radius 3 is 2.14 bits per heavy atom. The van der Waals surface area contributed by atoms with Gasteiger partial charge in [0.05, 0.1) is 23.2 Å². The molecule has 36 heavy (non-hydrogen) atoms. The number of allylic oxidation sites excluding steroid dienone is 1. The fraction of sp³-hybridized carbons (Fsp3) is 0.900. The minimum Gasteiger partial charge on any atom is -0.481 e. The molecular weight excluding hydrogens is 456 g/mol. The van der Waals surface area contributed by atoms with Crippen LogP contribution in [-0.4, -0.2) is 55.4 Å². The van der Waals surface area contributed by atoms with Gasteiger partial charge in [-0.25, -0.2) is 0 Å². The van der Waals surface area contributed by atoms with E-state index in [9.17, 15) is 30.3 Å². The number of carbonyl (C=O) groups is 1. The van der Waals surface area contributed by atoms with Gasteiger partial charge in [0.25, 0.3) is 0 Å². The van der Waals surface area contributed by atoms with Crippen molar-refractivity contribution < 1.29 is 30.3 Å². The molecule has 5 aliphatic rings. The summed E-state index contributed by atoms with van der Waals surface area (Å²) in [6.07, 6.45) is 4.02. The van der Waals surface area contributed by atoms with Crippen LogP contribution in [0.15, 0.2) is 11.6 Å². The molecule has 0 saturated heterocycles. The van der Waals surface area contributed by atoms with Crippen LogP contribution in [0.4, 0.5) is 0 Å². The Bertz CT molecular complexity index is 986. The molecule has 12 atom stereocenters. The average Bonchev–Trinajstić information content (AvgIpc) is 2.79. The molecule has 5 aliphatic carbocycles. The van der Waals surface area contributed by atoms with Gasteiger partial charge in [-0.05, 0) is 85.9 Å². The molecule has 4 saturated carbocycles. The molecule has 6 nitrogen and oxygen atoms in total. The summed E-state index contributed by atoms with van der Waals surface area (Å²) in [6.45, 7) is 14.7. The second-order valence-electron chi connectivity index (χ2n) is 14.9. The molecule has 4 fully saturated rings. The summed E-state index contributed by atoms with van der Waals surface area (Å²) in [4.78, 5) is 12.8. The Morgan fingerprint density at radius 2 is 1.53 bits per heavy atom. The fourth-order valence-corrected chi connectivity index (χ4v) is 10.9. The normalized spacial score (nSPS) is 58.0. The summed E-state index contributed by atoms with van der Waals surface area (Å²) in [7, 11) is 0. The summed E-state index contributed by atoms with van der Waals surface area (Å²) in [5.41, 5.74) is -2.63. The lowest BCUT2D eigenvalue weighted by molar-refractivity contribution is -0.279. The maximum atomic E-state index is 12.8. The number of aliphatic hydroxyl groups is 4. The van der Waals surface area contributed by atoms with Crippen molar-refractivity contribution >= 4 is 5.97 Å². The quantitative estimate of drug-likeness (QED) is 0.343. The van der Waals surface area contributed by atoms with Crippen LogP contribution in [-0.2, 0) is 4.79 Å². The van der Waals surface area contributed by atoms with E-state index in [-0.39, 0.29) is 28.6 Å². The van der Waals surface area contributed by atoms with E-state index in [2.05, 4.69) is 26.8 Å². The Labute approximate surface area is 216 Å².